The standard InChI is InChI=1S/C21H26N2O4S/c24-20(18-27-21-9-5-2-6-10-21)17-22-12-14-23(15-13-22)28(25,26)16-11-19-7-3-1-4-8-19/h1-11,16,20,24H,12-15,17-18H2/b16-11+. The lowest BCUT2D eigenvalue weighted by atomic mass is 10.2. The minimum Gasteiger partial charge on any atom is -0.491 e. The van der Waals surface area contributed by atoms with E-state index in [0.29, 0.717) is 32.7 Å². The summed E-state index contributed by atoms with van der Waals surface area (Å²) in [5.74, 6) is 0.725. The van der Waals surface area contributed by atoms with Gasteiger partial charge in [0, 0.05) is 38.1 Å². The number of benzene rings is 2. The number of nitrogens with zero attached hydrogens (tertiary/aromatic N) is 2. The molecule has 0 amide bonds. The van der Waals surface area contributed by atoms with Crippen molar-refractivity contribution in [3.8, 4) is 5.75 Å². The van der Waals surface area contributed by atoms with Crippen LogP contribution in [0.4, 0.5) is 0 Å². The van der Waals surface area contributed by atoms with Crippen LogP contribution in [0.5, 0.6) is 5.75 Å². The number of rotatable bonds is 8. The van der Waals surface area contributed by atoms with Gasteiger partial charge in [-0.25, -0.2) is 8.42 Å². The number of para-hydroxylation sites is 1. The fourth-order valence-corrected chi connectivity index (χ4v) is 4.21. The molecule has 1 fully saturated rings. The van der Waals surface area contributed by atoms with Gasteiger partial charge in [0.15, 0.2) is 0 Å². The Morgan fingerprint density at radius 2 is 1.57 bits per heavy atom. The lowest BCUT2D eigenvalue weighted by Crippen LogP contribution is -2.50. The molecule has 3 rings (SSSR count). The normalized spacial score (nSPS) is 17.6. The summed E-state index contributed by atoms with van der Waals surface area (Å²) in [7, 11) is -3.44. The molecule has 0 bridgehead atoms. The predicted molar refractivity (Wildman–Crippen MR) is 110 cm³/mol. The van der Waals surface area contributed by atoms with E-state index in [1.54, 1.807) is 6.08 Å². The molecule has 150 valence electrons. The molecule has 0 aliphatic carbocycles. The van der Waals surface area contributed by atoms with Crippen LogP contribution in [0.2, 0.25) is 0 Å². The van der Waals surface area contributed by atoms with E-state index < -0.39 is 16.1 Å². The third-order valence-corrected chi connectivity index (χ3v) is 6.14. The summed E-state index contributed by atoms with van der Waals surface area (Å²) in [5.41, 5.74) is 0.853. The van der Waals surface area contributed by atoms with Crippen molar-refractivity contribution in [3.63, 3.8) is 0 Å². The van der Waals surface area contributed by atoms with Crippen LogP contribution in [0.3, 0.4) is 0 Å². The smallest absolute Gasteiger partial charge is 0.236 e. The number of hydrogen-bond donors (Lipinski definition) is 1. The average Bonchev–Trinajstić information content (AvgIpc) is 2.73. The van der Waals surface area contributed by atoms with Crippen molar-refractivity contribution in [1.82, 2.24) is 9.21 Å². The van der Waals surface area contributed by atoms with Crippen LogP contribution in [-0.4, -0.2) is 68.2 Å². The third kappa shape index (κ3) is 6.17. The first-order valence-corrected chi connectivity index (χ1v) is 10.8. The highest BCUT2D eigenvalue weighted by atomic mass is 32.2. The molecule has 6 nitrogen and oxygen atoms in total. The molecule has 1 atom stereocenters. The zero-order valence-electron chi connectivity index (χ0n) is 15.7. The second-order valence-corrected chi connectivity index (χ2v) is 8.55. The zero-order chi connectivity index (χ0) is 19.8. The highest BCUT2D eigenvalue weighted by Crippen LogP contribution is 2.13. The van der Waals surface area contributed by atoms with E-state index in [9.17, 15) is 13.5 Å². The maximum absolute atomic E-state index is 12.5. The molecule has 7 heteroatoms. The van der Waals surface area contributed by atoms with Gasteiger partial charge in [0.2, 0.25) is 10.0 Å². The highest BCUT2D eigenvalue weighted by molar-refractivity contribution is 7.92. The highest BCUT2D eigenvalue weighted by Gasteiger charge is 2.26. The van der Waals surface area contributed by atoms with E-state index in [1.807, 2.05) is 60.7 Å². The van der Waals surface area contributed by atoms with Gasteiger partial charge in [0.25, 0.3) is 0 Å². The summed E-state index contributed by atoms with van der Waals surface area (Å²) in [6.45, 7) is 2.66. The molecule has 2 aromatic rings. The van der Waals surface area contributed by atoms with Gasteiger partial charge >= 0.3 is 0 Å². The van der Waals surface area contributed by atoms with Crippen LogP contribution in [0, 0.1) is 0 Å². The maximum Gasteiger partial charge on any atom is 0.236 e. The molecule has 0 saturated carbocycles. The summed E-state index contributed by atoms with van der Waals surface area (Å²) in [6, 6.07) is 18.7. The molecular weight excluding hydrogens is 376 g/mol. The van der Waals surface area contributed by atoms with E-state index in [-0.39, 0.29) is 6.61 Å². The summed E-state index contributed by atoms with van der Waals surface area (Å²) in [6.07, 6.45) is 0.994. The van der Waals surface area contributed by atoms with E-state index >= 15 is 0 Å². The second kappa shape index (κ2) is 9.84. The molecule has 1 unspecified atom stereocenters. The van der Waals surface area contributed by atoms with E-state index in [1.165, 1.54) is 9.71 Å². The van der Waals surface area contributed by atoms with Crippen molar-refractivity contribution in [2.45, 2.75) is 6.10 Å². The van der Waals surface area contributed by atoms with E-state index in [4.69, 9.17) is 4.74 Å². The topological polar surface area (TPSA) is 70.1 Å². The second-order valence-electron chi connectivity index (χ2n) is 6.74. The Hall–Kier alpha value is -2.19. The number of ether oxygens (including phenoxy) is 1. The number of piperazine rings is 1. The Morgan fingerprint density at radius 1 is 0.964 bits per heavy atom. The number of sulfonamides is 1. The lowest BCUT2D eigenvalue weighted by Gasteiger charge is -2.34. The molecule has 0 spiro atoms. The van der Waals surface area contributed by atoms with Crippen LogP contribution in [0.25, 0.3) is 6.08 Å². The molecule has 1 saturated heterocycles. The van der Waals surface area contributed by atoms with Crippen molar-refractivity contribution >= 4 is 16.1 Å². The van der Waals surface area contributed by atoms with Gasteiger partial charge in [-0.3, -0.25) is 4.90 Å². The molecule has 2 aromatic carbocycles. The van der Waals surface area contributed by atoms with E-state index in [0.717, 1.165) is 11.3 Å². The minimum atomic E-state index is -3.44. The van der Waals surface area contributed by atoms with Crippen LogP contribution < -0.4 is 4.74 Å². The largest absolute Gasteiger partial charge is 0.491 e. The molecule has 1 aliphatic rings. The fourth-order valence-electron chi connectivity index (χ4n) is 3.04. The Balaban J connectivity index is 1.44. The number of aliphatic hydroxyl groups excluding tert-OH is 1. The number of β-amino-alcohol motifs (C(OH)–C–C–N with tert-alkyl or cyclic N) is 1. The van der Waals surface area contributed by atoms with Crippen molar-refractivity contribution in [3.05, 3.63) is 71.6 Å². The maximum atomic E-state index is 12.5. The first kappa shape index (κ1) is 20.5. The lowest BCUT2D eigenvalue weighted by molar-refractivity contribution is 0.0570. The summed E-state index contributed by atoms with van der Waals surface area (Å²) < 4.78 is 32.0. The average molecular weight is 403 g/mol. The Bertz CT molecular complexity index is 848. The molecule has 0 aromatic heterocycles. The van der Waals surface area contributed by atoms with Gasteiger partial charge in [-0.05, 0) is 23.8 Å². The van der Waals surface area contributed by atoms with Gasteiger partial charge in [-0.2, -0.15) is 4.31 Å². The molecular formula is C21H26N2O4S. The Morgan fingerprint density at radius 3 is 2.21 bits per heavy atom. The molecule has 1 heterocycles. The van der Waals surface area contributed by atoms with Gasteiger partial charge in [0.1, 0.15) is 18.5 Å². The van der Waals surface area contributed by atoms with Crippen LogP contribution in [0.15, 0.2) is 66.1 Å². The van der Waals surface area contributed by atoms with Crippen LogP contribution in [-0.2, 0) is 10.0 Å². The first-order chi connectivity index (χ1) is 13.5. The summed E-state index contributed by atoms with van der Waals surface area (Å²) in [5, 5.41) is 11.5. The number of hydrogen-bond acceptors (Lipinski definition) is 5. The monoisotopic (exact) mass is 402 g/mol. The predicted octanol–water partition coefficient (Wildman–Crippen LogP) is 2.04. The first-order valence-electron chi connectivity index (χ1n) is 9.34. The Labute approximate surface area is 166 Å². The fraction of sp³-hybridized carbons (Fsp3) is 0.333. The van der Waals surface area contributed by atoms with Gasteiger partial charge in [-0.1, -0.05) is 48.5 Å². The summed E-state index contributed by atoms with van der Waals surface area (Å²) in [4.78, 5) is 2.06. The van der Waals surface area contributed by atoms with E-state index in [2.05, 4.69) is 4.90 Å². The van der Waals surface area contributed by atoms with Crippen molar-refractivity contribution in [2.75, 3.05) is 39.3 Å². The SMILES string of the molecule is O=S(=O)(/C=C/c1ccccc1)N1CCN(CC(O)COc2ccccc2)CC1. The van der Waals surface area contributed by atoms with Crippen LogP contribution in [0.1, 0.15) is 5.56 Å². The quantitative estimate of drug-likeness (QED) is 0.732. The van der Waals surface area contributed by atoms with Crippen molar-refractivity contribution in [1.29, 1.82) is 0 Å². The molecule has 1 aliphatic heterocycles. The zero-order valence-corrected chi connectivity index (χ0v) is 16.5. The van der Waals surface area contributed by atoms with Crippen molar-refractivity contribution < 1.29 is 18.3 Å². The molecule has 1 N–H and O–H groups in total. The van der Waals surface area contributed by atoms with Gasteiger partial charge in [-0.15, -0.1) is 0 Å². The third-order valence-electron chi connectivity index (χ3n) is 4.58. The number of aliphatic hydroxyl groups is 1. The van der Waals surface area contributed by atoms with Gasteiger partial charge < -0.3 is 9.84 Å². The molecule has 28 heavy (non-hydrogen) atoms. The minimum absolute atomic E-state index is 0.211. The Kier molecular flexibility index (Phi) is 7.22. The summed E-state index contributed by atoms with van der Waals surface area (Å²) >= 11 is 0. The molecule has 0 radical (unpaired) electrons. The van der Waals surface area contributed by atoms with Crippen LogP contribution >= 0.6 is 0 Å². The van der Waals surface area contributed by atoms with Gasteiger partial charge in [0.05, 0.1) is 0 Å². The van der Waals surface area contributed by atoms with Crippen molar-refractivity contribution in [2.24, 2.45) is 0 Å².